The topological polar surface area (TPSA) is 61.2 Å². The van der Waals surface area contributed by atoms with Gasteiger partial charge in [0.05, 0.1) is 28.8 Å². The highest BCUT2D eigenvalue weighted by Gasteiger charge is 2.22. The van der Waals surface area contributed by atoms with Crippen molar-refractivity contribution in [2.24, 2.45) is 0 Å². The maximum absolute atomic E-state index is 13.1. The minimum absolute atomic E-state index is 0.0124. The van der Waals surface area contributed by atoms with Crippen LogP contribution in [0.3, 0.4) is 0 Å². The van der Waals surface area contributed by atoms with Crippen molar-refractivity contribution >= 4 is 28.4 Å². The zero-order valence-electron chi connectivity index (χ0n) is 16.5. The predicted molar refractivity (Wildman–Crippen MR) is 113 cm³/mol. The number of hydrogen-bond acceptors (Lipinski definition) is 5. The maximum Gasteiger partial charge on any atom is 0.262 e. The Kier molecular flexibility index (Phi) is 6.31. The number of thioether (sulfide) groups is 1. The maximum atomic E-state index is 13.1. The molecule has 2 aromatic carbocycles. The Bertz CT molecular complexity index is 1040. The van der Waals surface area contributed by atoms with E-state index >= 15 is 0 Å². The first kappa shape index (κ1) is 20.3. The monoisotopic (exact) mass is 396 g/mol. The average molecular weight is 397 g/mol. The van der Waals surface area contributed by atoms with E-state index in [4.69, 9.17) is 4.74 Å². The van der Waals surface area contributed by atoms with Gasteiger partial charge in [-0.2, -0.15) is 0 Å². The van der Waals surface area contributed by atoms with Gasteiger partial charge < -0.3 is 4.74 Å². The molecular formula is C22H24N2O3S. The fraction of sp³-hybridized carbons (Fsp3) is 0.318. The third-order valence-corrected chi connectivity index (χ3v) is 5.68. The Morgan fingerprint density at radius 3 is 2.50 bits per heavy atom. The van der Waals surface area contributed by atoms with Crippen LogP contribution in [0.1, 0.15) is 35.8 Å². The summed E-state index contributed by atoms with van der Waals surface area (Å²) in [5, 5.41) is 0.713. The normalized spacial score (nSPS) is 13.4. The van der Waals surface area contributed by atoms with Crippen LogP contribution in [0.2, 0.25) is 0 Å². The number of Topliss-reactive ketones (excluding diaryl/α,β-unsaturated/α-hetero) is 1. The summed E-state index contributed by atoms with van der Waals surface area (Å²) in [7, 11) is 1.60. The number of nitrogens with zero attached hydrogens (tertiary/aromatic N) is 2. The van der Waals surface area contributed by atoms with E-state index in [1.165, 1.54) is 11.8 Å². The summed E-state index contributed by atoms with van der Waals surface area (Å²) >= 11 is 1.31. The number of fused-ring (bicyclic) bond motifs is 1. The number of hydrogen-bond donors (Lipinski definition) is 0. The van der Waals surface area contributed by atoms with Crippen molar-refractivity contribution in [3.63, 3.8) is 0 Å². The second-order valence-electron chi connectivity index (χ2n) is 6.88. The second kappa shape index (κ2) is 8.71. The Morgan fingerprint density at radius 2 is 1.82 bits per heavy atom. The summed E-state index contributed by atoms with van der Waals surface area (Å²) in [5.74, 6) is 0.0124. The Morgan fingerprint density at radius 1 is 1.14 bits per heavy atom. The molecule has 0 aliphatic heterocycles. The quantitative estimate of drug-likeness (QED) is 0.339. The molecule has 28 heavy (non-hydrogen) atoms. The fourth-order valence-electron chi connectivity index (χ4n) is 3.08. The van der Waals surface area contributed by atoms with Crippen molar-refractivity contribution in [3.8, 4) is 0 Å². The molecule has 3 aromatic rings. The molecule has 0 radical (unpaired) electrons. The van der Waals surface area contributed by atoms with Crippen molar-refractivity contribution in [3.05, 3.63) is 70.0 Å². The number of aromatic nitrogens is 2. The minimum Gasteiger partial charge on any atom is -0.383 e. The van der Waals surface area contributed by atoms with Crippen LogP contribution < -0.4 is 5.56 Å². The second-order valence-corrected chi connectivity index (χ2v) is 8.19. The summed E-state index contributed by atoms with van der Waals surface area (Å²) in [6.45, 7) is 6.13. The molecule has 0 saturated heterocycles. The number of rotatable bonds is 7. The molecule has 0 N–H and O–H groups in total. The lowest BCUT2D eigenvalue weighted by atomic mass is 10.1. The molecule has 0 aliphatic rings. The van der Waals surface area contributed by atoms with Gasteiger partial charge in [-0.1, -0.05) is 53.7 Å². The van der Waals surface area contributed by atoms with Gasteiger partial charge in [0.2, 0.25) is 0 Å². The van der Waals surface area contributed by atoms with Crippen molar-refractivity contribution in [2.75, 3.05) is 13.7 Å². The molecule has 0 amide bonds. The highest BCUT2D eigenvalue weighted by Crippen LogP contribution is 2.27. The molecular weight excluding hydrogens is 372 g/mol. The first-order valence-electron chi connectivity index (χ1n) is 9.20. The summed E-state index contributed by atoms with van der Waals surface area (Å²) in [5.41, 5.74) is 2.28. The van der Waals surface area contributed by atoms with Crippen LogP contribution in [0, 0.1) is 6.92 Å². The van der Waals surface area contributed by atoms with Gasteiger partial charge in [-0.3, -0.25) is 14.2 Å². The molecule has 3 rings (SSSR count). The molecule has 0 aliphatic carbocycles. The fourth-order valence-corrected chi connectivity index (χ4v) is 4.16. The lowest BCUT2D eigenvalue weighted by Gasteiger charge is -2.20. The smallest absolute Gasteiger partial charge is 0.262 e. The first-order chi connectivity index (χ1) is 13.4. The van der Waals surface area contributed by atoms with Crippen LogP contribution in [0.25, 0.3) is 10.9 Å². The number of ether oxygens (including phenoxy) is 1. The molecule has 2 atom stereocenters. The molecule has 1 heterocycles. The predicted octanol–water partition coefficient (Wildman–Crippen LogP) is 4.28. The number of methoxy groups -OCH3 is 1. The molecule has 6 heteroatoms. The van der Waals surface area contributed by atoms with Crippen LogP contribution in [0.15, 0.2) is 58.5 Å². The summed E-state index contributed by atoms with van der Waals surface area (Å²) in [4.78, 5) is 30.6. The van der Waals surface area contributed by atoms with Crippen LogP contribution in [0.5, 0.6) is 0 Å². The van der Waals surface area contributed by atoms with Gasteiger partial charge in [0, 0.05) is 12.7 Å². The third kappa shape index (κ3) is 4.18. The van der Waals surface area contributed by atoms with Crippen LogP contribution in [-0.2, 0) is 4.74 Å². The molecule has 2 unspecified atom stereocenters. The van der Waals surface area contributed by atoms with E-state index in [0.29, 0.717) is 28.2 Å². The third-order valence-electron chi connectivity index (χ3n) is 4.61. The number of benzene rings is 2. The van der Waals surface area contributed by atoms with Gasteiger partial charge in [-0.15, -0.1) is 0 Å². The van der Waals surface area contributed by atoms with E-state index in [0.717, 1.165) is 5.56 Å². The molecule has 0 saturated carbocycles. The van der Waals surface area contributed by atoms with Gasteiger partial charge >= 0.3 is 0 Å². The zero-order valence-corrected chi connectivity index (χ0v) is 17.3. The van der Waals surface area contributed by atoms with E-state index < -0.39 is 0 Å². The van der Waals surface area contributed by atoms with Gasteiger partial charge in [0.1, 0.15) is 0 Å². The zero-order chi connectivity index (χ0) is 20.3. The Hall–Kier alpha value is -2.44. The van der Waals surface area contributed by atoms with Crippen LogP contribution >= 0.6 is 11.8 Å². The average Bonchev–Trinajstić information content (AvgIpc) is 2.68. The van der Waals surface area contributed by atoms with E-state index in [2.05, 4.69) is 4.98 Å². The number of carbonyl (C=O) groups is 1. The molecule has 146 valence electrons. The Balaban J connectivity index is 2.00. The number of para-hydroxylation sites is 1. The molecule has 0 bridgehead atoms. The Labute approximate surface area is 168 Å². The van der Waals surface area contributed by atoms with Gasteiger partial charge in [0.25, 0.3) is 5.56 Å². The SMILES string of the molecule is COCC(C)n1c(SC(C)C(=O)c2ccc(C)cc2)nc2ccccc2c1=O. The van der Waals surface area contributed by atoms with E-state index in [1.54, 1.807) is 17.7 Å². The van der Waals surface area contributed by atoms with Crippen LogP contribution in [0.4, 0.5) is 0 Å². The number of ketones is 1. The van der Waals surface area contributed by atoms with Crippen molar-refractivity contribution in [1.82, 2.24) is 9.55 Å². The van der Waals surface area contributed by atoms with E-state index in [-0.39, 0.29) is 22.6 Å². The standard InChI is InChI=1S/C22H24N2O3S/c1-14-9-11-17(12-10-14)20(25)16(3)28-22-23-19-8-6-5-7-18(19)21(26)24(22)15(2)13-27-4/h5-12,15-16H,13H2,1-4H3. The van der Waals surface area contributed by atoms with Crippen molar-refractivity contribution < 1.29 is 9.53 Å². The highest BCUT2D eigenvalue weighted by atomic mass is 32.2. The molecule has 0 spiro atoms. The molecule has 1 aromatic heterocycles. The lowest BCUT2D eigenvalue weighted by Crippen LogP contribution is -2.29. The first-order valence-corrected chi connectivity index (χ1v) is 10.1. The molecule has 0 fully saturated rings. The largest absolute Gasteiger partial charge is 0.383 e. The lowest BCUT2D eigenvalue weighted by molar-refractivity contribution is 0.0993. The van der Waals surface area contributed by atoms with Gasteiger partial charge in [0.15, 0.2) is 10.9 Å². The number of aryl methyl sites for hydroxylation is 1. The van der Waals surface area contributed by atoms with Gasteiger partial charge in [-0.25, -0.2) is 4.98 Å². The van der Waals surface area contributed by atoms with Crippen molar-refractivity contribution in [1.29, 1.82) is 0 Å². The minimum atomic E-state index is -0.378. The van der Waals surface area contributed by atoms with E-state index in [1.807, 2.05) is 63.2 Å². The molecule has 5 nitrogen and oxygen atoms in total. The summed E-state index contributed by atoms with van der Waals surface area (Å²) in [6.07, 6.45) is 0. The van der Waals surface area contributed by atoms with Gasteiger partial charge in [-0.05, 0) is 32.9 Å². The summed E-state index contributed by atoms with van der Waals surface area (Å²) < 4.78 is 6.88. The van der Waals surface area contributed by atoms with Crippen molar-refractivity contribution in [2.45, 2.75) is 37.2 Å². The number of carbonyl (C=O) groups excluding carboxylic acids is 1. The summed E-state index contributed by atoms with van der Waals surface area (Å²) in [6, 6.07) is 14.6. The van der Waals surface area contributed by atoms with Crippen LogP contribution in [-0.4, -0.2) is 34.3 Å². The van der Waals surface area contributed by atoms with E-state index in [9.17, 15) is 9.59 Å². The highest BCUT2D eigenvalue weighted by molar-refractivity contribution is 8.00.